The van der Waals surface area contributed by atoms with E-state index in [0.29, 0.717) is 0 Å². The van der Waals surface area contributed by atoms with Gasteiger partial charge in [0.25, 0.3) is 0 Å². The summed E-state index contributed by atoms with van der Waals surface area (Å²) in [6.07, 6.45) is 2.02. The van der Waals surface area contributed by atoms with Gasteiger partial charge in [-0.25, -0.2) is 0 Å². The summed E-state index contributed by atoms with van der Waals surface area (Å²) in [7, 11) is -1.65. The van der Waals surface area contributed by atoms with Gasteiger partial charge in [-0.2, -0.15) is 0 Å². The summed E-state index contributed by atoms with van der Waals surface area (Å²) in [6.45, 7) is 4.94. The second-order valence-corrected chi connectivity index (χ2v) is 13.0. The van der Waals surface area contributed by atoms with Crippen molar-refractivity contribution in [1.29, 1.82) is 0 Å². The Labute approximate surface area is 158 Å². The number of aromatic nitrogens is 1. The Morgan fingerprint density at radius 2 is 1.65 bits per heavy atom. The van der Waals surface area contributed by atoms with E-state index >= 15 is 0 Å². The number of hydrogen-bond donors (Lipinski definition) is 0. The molecule has 1 nitrogen and oxygen atoms in total. The zero-order valence-corrected chi connectivity index (χ0v) is 16.5. The Morgan fingerprint density at radius 1 is 0.808 bits per heavy atom. The number of hydrogen-bond acceptors (Lipinski definition) is 2. The van der Waals surface area contributed by atoms with Crippen molar-refractivity contribution in [1.82, 2.24) is 4.98 Å². The van der Waals surface area contributed by atoms with Gasteiger partial charge in [-0.15, -0.1) is 0 Å². The van der Waals surface area contributed by atoms with Crippen molar-refractivity contribution in [3.63, 3.8) is 0 Å². The second-order valence-electron chi connectivity index (χ2n) is 7.65. The third-order valence-corrected chi connectivity index (χ3v) is 10.7. The normalized spacial score (nSPS) is 15.5. The van der Waals surface area contributed by atoms with Gasteiger partial charge in [0.15, 0.2) is 0 Å². The van der Waals surface area contributed by atoms with Crippen molar-refractivity contribution >= 4 is 41.0 Å². The summed E-state index contributed by atoms with van der Waals surface area (Å²) >= 11 is 1.92. The molecular weight excluding hydrogens is 350 g/mol. The summed E-state index contributed by atoms with van der Waals surface area (Å²) in [5.41, 5.74) is 5.29. The lowest BCUT2D eigenvalue weighted by Gasteiger charge is -2.20. The topological polar surface area (TPSA) is 12.9 Å². The molecule has 26 heavy (non-hydrogen) atoms. The van der Waals surface area contributed by atoms with Crippen LogP contribution in [0.5, 0.6) is 0 Å². The van der Waals surface area contributed by atoms with Gasteiger partial charge in [-0.3, -0.25) is 4.98 Å². The van der Waals surface area contributed by atoms with Gasteiger partial charge in [0, 0.05) is 27.1 Å². The fourth-order valence-corrected chi connectivity index (χ4v) is 9.02. The van der Waals surface area contributed by atoms with E-state index in [1.54, 1.807) is 5.19 Å². The van der Waals surface area contributed by atoms with E-state index in [4.69, 9.17) is 4.98 Å². The highest BCUT2D eigenvalue weighted by Gasteiger charge is 2.41. The van der Waals surface area contributed by atoms with Crippen LogP contribution in [0.15, 0.2) is 76.7 Å². The van der Waals surface area contributed by atoms with E-state index in [-0.39, 0.29) is 0 Å². The number of fused-ring (bicyclic) bond motifs is 4. The van der Waals surface area contributed by atoms with E-state index in [1.807, 2.05) is 18.0 Å². The van der Waals surface area contributed by atoms with E-state index in [9.17, 15) is 0 Å². The van der Waals surface area contributed by atoms with Crippen LogP contribution in [0.2, 0.25) is 13.1 Å². The Balaban J connectivity index is 1.84. The van der Waals surface area contributed by atoms with E-state index in [1.165, 1.54) is 48.1 Å². The highest BCUT2D eigenvalue weighted by atomic mass is 32.2. The molecule has 0 radical (unpaired) electrons. The lowest BCUT2D eigenvalue weighted by atomic mass is 9.97. The van der Waals surface area contributed by atoms with Crippen molar-refractivity contribution in [2.24, 2.45) is 0 Å². The van der Waals surface area contributed by atoms with E-state index in [0.717, 1.165) is 0 Å². The van der Waals surface area contributed by atoms with Crippen LogP contribution in [0.25, 0.3) is 33.2 Å². The Bertz CT molecular complexity index is 1240. The zero-order chi connectivity index (χ0) is 17.5. The third kappa shape index (κ3) is 1.70. The summed E-state index contributed by atoms with van der Waals surface area (Å²) in [5, 5.41) is 5.71. The fraction of sp³-hybridized carbons (Fsp3) is 0.0870. The molecule has 0 amide bonds. The predicted molar refractivity (Wildman–Crippen MR) is 113 cm³/mol. The summed E-state index contributed by atoms with van der Waals surface area (Å²) in [5.74, 6) is 0. The summed E-state index contributed by atoms with van der Waals surface area (Å²) in [4.78, 5) is 7.61. The van der Waals surface area contributed by atoms with Gasteiger partial charge in [0.1, 0.15) is 8.07 Å². The van der Waals surface area contributed by atoms with Crippen molar-refractivity contribution in [3.05, 3.63) is 66.9 Å². The van der Waals surface area contributed by atoms with Crippen LogP contribution in [0, 0.1) is 0 Å². The molecule has 0 saturated heterocycles. The number of rotatable bonds is 0. The molecule has 0 spiro atoms. The molecule has 124 valence electrons. The predicted octanol–water partition coefficient (Wildman–Crippen LogP) is 5.17. The van der Waals surface area contributed by atoms with Crippen LogP contribution in [0.1, 0.15) is 0 Å². The van der Waals surface area contributed by atoms with Gasteiger partial charge in [-0.1, -0.05) is 73.4 Å². The molecule has 3 heteroatoms. The first-order valence-corrected chi connectivity index (χ1v) is 12.8. The van der Waals surface area contributed by atoms with Gasteiger partial charge in [0.2, 0.25) is 0 Å². The lowest BCUT2D eigenvalue weighted by Crippen LogP contribution is -2.49. The van der Waals surface area contributed by atoms with Gasteiger partial charge in [0.05, 0.1) is 5.69 Å². The van der Waals surface area contributed by atoms with Crippen molar-refractivity contribution in [2.75, 3.05) is 0 Å². The first-order valence-electron chi connectivity index (χ1n) is 8.99. The number of nitrogens with zero attached hydrogens (tertiary/aromatic N) is 1. The maximum absolute atomic E-state index is 4.89. The quantitative estimate of drug-likeness (QED) is 0.350. The third-order valence-electron chi connectivity index (χ3n) is 5.92. The Hall–Kier alpha value is -2.36. The molecule has 0 fully saturated rings. The van der Waals surface area contributed by atoms with Crippen LogP contribution in [0.4, 0.5) is 0 Å². The number of pyridine rings is 1. The van der Waals surface area contributed by atoms with E-state index in [2.05, 4.69) is 73.8 Å². The maximum Gasteiger partial charge on any atom is 0.114 e. The highest BCUT2D eigenvalue weighted by Crippen LogP contribution is 2.50. The molecule has 0 atom stereocenters. The van der Waals surface area contributed by atoms with Gasteiger partial charge >= 0.3 is 0 Å². The summed E-state index contributed by atoms with van der Waals surface area (Å²) < 4.78 is 0. The molecule has 0 unspecified atom stereocenters. The fourth-order valence-electron chi connectivity index (χ4n) is 4.63. The summed E-state index contributed by atoms with van der Waals surface area (Å²) in [6, 6.07) is 22.4. The smallest absolute Gasteiger partial charge is 0.114 e. The monoisotopic (exact) mass is 367 g/mol. The molecule has 6 rings (SSSR count). The largest absolute Gasteiger partial charge is 0.256 e. The second kappa shape index (κ2) is 4.87. The van der Waals surface area contributed by atoms with Crippen molar-refractivity contribution < 1.29 is 0 Å². The van der Waals surface area contributed by atoms with Gasteiger partial charge < -0.3 is 0 Å². The average molecular weight is 368 g/mol. The Kier molecular flexibility index (Phi) is 2.77. The maximum atomic E-state index is 4.89. The average Bonchev–Trinajstić information content (AvgIpc) is 2.81. The molecule has 3 heterocycles. The molecule has 3 aromatic carbocycles. The van der Waals surface area contributed by atoms with E-state index < -0.39 is 8.07 Å². The standard InChI is InChI=1S/C23H17NSSi/c1-26(2)18-9-5-8-17-20(18)21-19(26)12-13-24-22(21)16-11-10-14-6-3-4-7-15(14)23(16)25-17/h3-13H,1-2H3. The molecule has 2 aliphatic heterocycles. The van der Waals surface area contributed by atoms with Crippen LogP contribution in [0.3, 0.4) is 0 Å². The van der Waals surface area contributed by atoms with Crippen LogP contribution in [-0.2, 0) is 0 Å². The molecule has 4 aromatic rings. The van der Waals surface area contributed by atoms with Crippen molar-refractivity contribution in [3.8, 4) is 22.4 Å². The van der Waals surface area contributed by atoms with Crippen LogP contribution < -0.4 is 10.4 Å². The molecular formula is C23H17NSSi. The first kappa shape index (κ1) is 14.8. The number of benzene rings is 3. The van der Waals surface area contributed by atoms with Gasteiger partial charge in [-0.05, 0) is 38.8 Å². The molecule has 2 aliphatic rings. The molecule has 0 N–H and O–H groups in total. The SMILES string of the molecule is C[Si]1(C)c2cccc3c2-c2c1ccnc2-c1ccc2ccccc2c1S3. The minimum Gasteiger partial charge on any atom is -0.256 e. The van der Waals surface area contributed by atoms with Crippen LogP contribution >= 0.6 is 11.8 Å². The molecule has 0 bridgehead atoms. The molecule has 0 saturated carbocycles. The molecule has 0 aliphatic carbocycles. The Morgan fingerprint density at radius 3 is 2.58 bits per heavy atom. The highest BCUT2D eigenvalue weighted by molar-refractivity contribution is 8.00. The minimum absolute atomic E-state index is 1.17. The minimum atomic E-state index is -1.65. The molecule has 1 aromatic heterocycles. The zero-order valence-electron chi connectivity index (χ0n) is 14.7. The first-order chi connectivity index (χ1) is 12.7. The van der Waals surface area contributed by atoms with Crippen molar-refractivity contribution in [2.45, 2.75) is 22.9 Å². The van der Waals surface area contributed by atoms with Crippen LogP contribution in [-0.4, -0.2) is 13.1 Å². The lowest BCUT2D eigenvalue weighted by molar-refractivity contribution is 1.32.